The van der Waals surface area contributed by atoms with Crippen LogP contribution in [0.15, 0.2) is 0 Å². The van der Waals surface area contributed by atoms with Crippen LogP contribution in [0, 0.1) is 5.92 Å². The predicted octanol–water partition coefficient (Wildman–Crippen LogP) is 0.944. The SMILES string of the molecule is CC(C)C(CN(C)C)NC(=O)CCCC(=O)O. The van der Waals surface area contributed by atoms with Crippen molar-refractivity contribution in [1.29, 1.82) is 0 Å². The normalized spacial score (nSPS) is 12.8. The second kappa shape index (κ2) is 8.06. The molecule has 0 aliphatic heterocycles. The molecule has 0 aromatic heterocycles. The molecule has 0 saturated heterocycles. The van der Waals surface area contributed by atoms with Crippen LogP contribution in [0.1, 0.15) is 33.1 Å². The number of nitrogens with zero attached hydrogens (tertiary/aromatic N) is 1. The first-order valence-corrected chi connectivity index (χ1v) is 5.98. The first kappa shape index (κ1) is 15.9. The molecule has 0 spiro atoms. The van der Waals surface area contributed by atoms with Gasteiger partial charge in [-0.1, -0.05) is 13.8 Å². The summed E-state index contributed by atoms with van der Waals surface area (Å²) in [5.74, 6) is -0.556. The summed E-state index contributed by atoms with van der Waals surface area (Å²) in [5.41, 5.74) is 0. The number of aliphatic carboxylic acids is 1. The molecular formula is C12H24N2O3. The van der Waals surface area contributed by atoms with Crippen LogP contribution in [-0.4, -0.2) is 48.6 Å². The number of hydrogen-bond acceptors (Lipinski definition) is 3. The molecule has 100 valence electrons. The van der Waals surface area contributed by atoms with Crippen molar-refractivity contribution in [3.8, 4) is 0 Å². The van der Waals surface area contributed by atoms with Crippen molar-refractivity contribution in [3.05, 3.63) is 0 Å². The average Bonchev–Trinajstić information content (AvgIpc) is 2.15. The molecule has 1 unspecified atom stereocenters. The molecule has 0 bridgehead atoms. The minimum absolute atomic E-state index is 0.0491. The maximum absolute atomic E-state index is 11.6. The largest absolute Gasteiger partial charge is 0.481 e. The molecule has 5 heteroatoms. The molecule has 1 atom stereocenters. The minimum atomic E-state index is -0.855. The van der Waals surface area contributed by atoms with Crippen LogP contribution >= 0.6 is 0 Å². The van der Waals surface area contributed by atoms with E-state index in [4.69, 9.17) is 5.11 Å². The summed E-state index contributed by atoms with van der Waals surface area (Å²) in [6.07, 6.45) is 0.727. The van der Waals surface area contributed by atoms with Gasteiger partial charge in [-0.3, -0.25) is 9.59 Å². The summed E-state index contributed by atoms with van der Waals surface area (Å²) < 4.78 is 0. The van der Waals surface area contributed by atoms with Gasteiger partial charge in [0.25, 0.3) is 0 Å². The van der Waals surface area contributed by atoms with Gasteiger partial charge >= 0.3 is 5.97 Å². The molecule has 2 N–H and O–H groups in total. The number of rotatable bonds is 8. The zero-order valence-corrected chi connectivity index (χ0v) is 11.2. The smallest absolute Gasteiger partial charge is 0.303 e. The summed E-state index contributed by atoms with van der Waals surface area (Å²) in [5, 5.41) is 11.4. The molecular weight excluding hydrogens is 220 g/mol. The lowest BCUT2D eigenvalue weighted by atomic mass is 10.0. The quantitative estimate of drug-likeness (QED) is 0.667. The van der Waals surface area contributed by atoms with Crippen molar-refractivity contribution >= 4 is 11.9 Å². The Bertz CT molecular complexity index is 252. The Hall–Kier alpha value is -1.10. The third-order valence-corrected chi connectivity index (χ3v) is 2.51. The highest BCUT2D eigenvalue weighted by molar-refractivity contribution is 5.77. The fraction of sp³-hybridized carbons (Fsp3) is 0.833. The van der Waals surface area contributed by atoms with Crippen molar-refractivity contribution < 1.29 is 14.7 Å². The average molecular weight is 244 g/mol. The van der Waals surface area contributed by atoms with E-state index in [0.717, 1.165) is 6.54 Å². The zero-order valence-electron chi connectivity index (χ0n) is 11.2. The van der Waals surface area contributed by atoms with E-state index in [-0.39, 0.29) is 24.8 Å². The van der Waals surface area contributed by atoms with Crippen LogP contribution in [0.25, 0.3) is 0 Å². The summed E-state index contributed by atoms with van der Waals surface area (Å²) in [7, 11) is 3.93. The Labute approximate surface area is 103 Å². The third kappa shape index (κ3) is 8.68. The highest BCUT2D eigenvalue weighted by Crippen LogP contribution is 2.04. The van der Waals surface area contributed by atoms with Crippen LogP contribution < -0.4 is 5.32 Å². The molecule has 1 amide bonds. The number of carbonyl (C=O) groups is 2. The molecule has 0 radical (unpaired) electrons. The van der Waals surface area contributed by atoms with Gasteiger partial charge in [-0.05, 0) is 26.4 Å². The van der Waals surface area contributed by atoms with Crippen molar-refractivity contribution in [2.45, 2.75) is 39.2 Å². The van der Waals surface area contributed by atoms with Gasteiger partial charge in [-0.2, -0.15) is 0 Å². The van der Waals surface area contributed by atoms with Gasteiger partial charge in [0.2, 0.25) is 5.91 Å². The van der Waals surface area contributed by atoms with E-state index in [1.54, 1.807) is 0 Å². The molecule has 0 fully saturated rings. The summed E-state index contributed by atoms with van der Waals surface area (Å²) in [6, 6.07) is 0.113. The number of hydrogen-bond donors (Lipinski definition) is 2. The first-order valence-electron chi connectivity index (χ1n) is 5.98. The first-order chi connectivity index (χ1) is 7.82. The van der Waals surface area contributed by atoms with Crippen LogP contribution in [-0.2, 0) is 9.59 Å². The van der Waals surface area contributed by atoms with Crippen molar-refractivity contribution in [2.75, 3.05) is 20.6 Å². The third-order valence-electron chi connectivity index (χ3n) is 2.51. The van der Waals surface area contributed by atoms with E-state index >= 15 is 0 Å². The van der Waals surface area contributed by atoms with Gasteiger partial charge in [0.1, 0.15) is 0 Å². The lowest BCUT2D eigenvalue weighted by molar-refractivity contribution is -0.137. The number of amides is 1. The van der Waals surface area contributed by atoms with Crippen LogP contribution in [0.3, 0.4) is 0 Å². The molecule has 0 aliphatic rings. The molecule has 17 heavy (non-hydrogen) atoms. The molecule has 0 saturated carbocycles. The number of nitrogens with one attached hydrogen (secondary N) is 1. The molecule has 0 heterocycles. The molecule has 0 aromatic rings. The topological polar surface area (TPSA) is 69.6 Å². The minimum Gasteiger partial charge on any atom is -0.481 e. The number of carboxylic acid groups (broad SMARTS) is 1. The Balaban J connectivity index is 3.99. The van der Waals surface area contributed by atoms with Gasteiger partial charge in [-0.15, -0.1) is 0 Å². The molecule has 0 aromatic carbocycles. The maximum atomic E-state index is 11.6. The summed E-state index contributed by atoms with van der Waals surface area (Å²) in [6.45, 7) is 4.92. The molecule has 0 aliphatic carbocycles. The zero-order chi connectivity index (χ0) is 13.4. The second-order valence-corrected chi connectivity index (χ2v) is 4.93. The van der Waals surface area contributed by atoms with E-state index in [9.17, 15) is 9.59 Å². The Morgan fingerprint density at radius 2 is 1.82 bits per heavy atom. The highest BCUT2D eigenvalue weighted by Gasteiger charge is 2.16. The molecule has 0 rings (SSSR count). The van der Waals surface area contributed by atoms with Crippen molar-refractivity contribution in [2.24, 2.45) is 5.92 Å². The van der Waals surface area contributed by atoms with Crippen molar-refractivity contribution in [3.63, 3.8) is 0 Å². The van der Waals surface area contributed by atoms with Gasteiger partial charge in [0, 0.05) is 25.4 Å². The Kier molecular flexibility index (Phi) is 7.54. The van der Waals surface area contributed by atoms with E-state index in [1.165, 1.54) is 0 Å². The summed E-state index contributed by atoms with van der Waals surface area (Å²) >= 11 is 0. The number of carbonyl (C=O) groups excluding carboxylic acids is 1. The number of carboxylic acids is 1. The van der Waals surface area contributed by atoms with Gasteiger partial charge in [0.05, 0.1) is 0 Å². The van der Waals surface area contributed by atoms with Crippen LogP contribution in [0.2, 0.25) is 0 Å². The van der Waals surface area contributed by atoms with E-state index in [2.05, 4.69) is 19.2 Å². The monoisotopic (exact) mass is 244 g/mol. The lowest BCUT2D eigenvalue weighted by Crippen LogP contribution is -2.44. The van der Waals surface area contributed by atoms with Crippen LogP contribution in [0.4, 0.5) is 0 Å². The van der Waals surface area contributed by atoms with E-state index < -0.39 is 5.97 Å². The van der Waals surface area contributed by atoms with E-state index in [1.807, 2.05) is 19.0 Å². The van der Waals surface area contributed by atoms with Crippen LogP contribution in [0.5, 0.6) is 0 Å². The van der Waals surface area contributed by atoms with Crippen molar-refractivity contribution in [1.82, 2.24) is 10.2 Å². The van der Waals surface area contributed by atoms with Gasteiger partial charge < -0.3 is 15.3 Å². The fourth-order valence-corrected chi connectivity index (χ4v) is 1.50. The lowest BCUT2D eigenvalue weighted by Gasteiger charge is -2.25. The Morgan fingerprint density at radius 3 is 2.24 bits per heavy atom. The molecule has 5 nitrogen and oxygen atoms in total. The van der Waals surface area contributed by atoms with Gasteiger partial charge in [0.15, 0.2) is 0 Å². The fourth-order valence-electron chi connectivity index (χ4n) is 1.50. The Morgan fingerprint density at radius 1 is 1.24 bits per heavy atom. The van der Waals surface area contributed by atoms with Gasteiger partial charge in [-0.25, -0.2) is 0 Å². The standard InChI is InChI=1S/C12H24N2O3/c1-9(2)10(8-14(3)4)13-11(15)6-5-7-12(16)17/h9-10H,5-8H2,1-4H3,(H,13,15)(H,16,17). The van der Waals surface area contributed by atoms with E-state index in [0.29, 0.717) is 12.3 Å². The maximum Gasteiger partial charge on any atom is 0.303 e. The predicted molar refractivity (Wildman–Crippen MR) is 66.8 cm³/mol. The highest BCUT2D eigenvalue weighted by atomic mass is 16.4. The second-order valence-electron chi connectivity index (χ2n) is 4.93. The summed E-state index contributed by atoms with van der Waals surface area (Å²) in [4.78, 5) is 23.9. The number of likely N-dealkylation sites (N-methyl/N-ethyl adjacent to an activating group) is 1.